The van der Waals surface area contributed by atoms with E-state index in [4.69, 9.17) is 44.3 Å². The van der Waals surface area contributed by atoms with Crippen molar-refractivity contribution in [3.05, 3.63) is 95.7 Å². The molecule has 0 N–H and O–H groups in total. The Kier molecular flexibility index (Phi) is 8.87. The van der Waals surface area contributed by atoms with Crippen LogP contribution in [0.25, 0.3) is 6.08 Å². The predicted octanol–water partition coefficient (Wildman–Crippen LogP) is 8.26. The highest BCUT2D eigenvalue weighted by Crippen LogP contribution is 2.40. The van der Waals surface area contributed by atoms with Crippen LogP contribution < -0.4 is 9.47 Å². The minimum Gasteiger partial charge on any atom is -0.490 e. The zero-order valence-electron chi connectivity index (χ0n) is 19.1. The number of amides is 2. The second kappa shape index (κ2) is 11.9. The molecule has 3 aromatic carbocycles. The topological polar surface area (TPSA) is 72.9 Å². The van der Waals surface area contributed by atoms with Crippen LogP contribution in [0, 0.1) is 0 Å². The molecule has 11 heteroatoms. The molecule has 0 aliphatic carbocycles. The summed E-state index contributed by atoms with van der Waals surface area (Å²) < 4.78 is 11.7. The molecule has 0 aromatic heterocycles. The molecule has 2 amide bonds. The monoisotopic (exact) mass is 639 g/mol. The highest BCUT2D eigenvalue weighted by molar-refractivity contribution is 9.10. The van der Waals surface area contributed by atoms with Gasteiger partial charge in [0.15, 0.2) is 11.5 Å². The molecule has 1 aliphatic heterocycles. The van der Waals surface area contributed by atoms with Gasteiger partial charge in [0, 0.05) is 15.1 Å². The molecule has 190 valence electrons. The van der Waals surface area contributed by atoms with Gasteiger partial charge in [0.25, 0.3) is 11.1 Å². The van der Waals surface area contributed by atoms with Gasteiger partial charge in [0.05, 0.1) is 28.1 Å². The van der Waals surface area contributed by atoms with Crippen molar-refractivity contribution in [1.82, 2.24) is 4.90 Å². The third-order valence-electron chi connectivity index (χ3n) is 5.12. The summed E-state index contributed by atoms with van der Waals surface area (Å²) in [6.07, 6.45) is 1.58. The maximum atomic E-state index is 13.0. The molecule has 0 unspecified atom stereocenters. The van der Waals surface area contributed by atoms with Crippen LogP contribution in [-0.4, -0.2) is 28.6 Å². The van der Waals surface area contributed by atoms with E-state index in [9.17, 15) is 14.4 Å². The third-order valence-corrected chi connectivity index (χ3v) is 7.46. The molecule has 1 heterocycles. The average molecular weight is 642 g/mol. The lowest BCUT2D eigenvalue weighted by molar-refractivity contribution is -0.123. The second-order valence-electron chi connectivity index (χ2n) is 7.66. The number of carbonyl (C=O) groups excluding carboxylic acids is 3. The number of esters is 1. The number of thioether (sulfide) groups is 1. The third kappa shape index (κ3) is 6.51. The molecular formula is C26H17BrCl3NO5S. The zero-order chi connectivity index (χ0) is 26.7. The summed E-state index contributed by atoms with van der Waals surface area (Å²) in [6, 6.07) is 14.5. The Bertz CT molecular complexity index is 1430. The average Bonchev–Trinajstić information content (AvgIpc) is 3.10. The van der Waals surface area contributed by atoms with Gasteiger partial charge in [-0.1, -0.05) is 40.9 Å². The Balaban J connectivity index is 1.58. The van der Waals surface area contributed by atoms with E-state index in [0.29, 0.717) is 42.8 Å². The predicted molar refractivity (Wildman–Crippen MR) is 150 cm³/mol. The zero-order valence-corrected chi connectivity index (χ0v) is 23.8. The van der Waals surface area contributed by atoms with Crippen LogP contribution in [-0.2, 0) is 11.3 Å². The summed E-state index contributed by atoms with van der Waals surface area (Å²) in [6.45, 7) is 2.11. The lowest BCUT2D eigenvalue weighted by atomic mass is 10.1. The standard InChI is InChI=1S/C26H17BrCl3NO5S/c1-2-35-21-10-14(9-19(27)23(21)36-25(33)15-3-6-17(28)7-4-15)11-22-24(32)31(26(34)37-22)13-16-5-8-18(29)12-20(16)30/h3-12H,2,13H2,1H3/b22-11-. The van der Waals surface area contributed by atoms with Crippen molar-refractivity contribution >= 4 is 85.7 Å². The smallest absolute Gasteiger partial charge is 0.343 e. The lowest BCUT2D eigenvalue weighted by Crippen LogP contribution is -2.27. The molecule has 0 radical (unpaired) electrons. The van der Waals surface area contributed by atoms with Crippen LogP contribution in [0.1, 0.15) is 28.4 Å². The molecule has 0 saturated carbocycles. The largest absolute Gasteiger partial charge is 0.490 e. The number of rotatable bonds is 7. The fraction of sp³-hybridized carbons (Fsp3) is 0.115. The summed E-state index contributed by atoms with van der Waals surface area (Å²) in [5.41, 5.74) is 1.48. The Morgan fingerprint density at radius 1 is 1.03 bits per heavy atom. The molecule has 1 aliphatic rings. The van der Waals surface area contributed by atoms with Gasteiger partial charge in [-0.05, 0) is 100 Å². The van der Waals surface area contributed by atoms with Crippen LogP contribution in [0.2, 0.25) is 15.1 Å². The SMILES string of the molecule is CCOc1cc(/C=C2\SC(=O)N(Cc3ccc(Cl)cc3Cl)C2=O)cc(Br)c1OC(=O)c1ccc(Cl)cc1. The van der Waals surface area contributed by atoms with Crippen molar-refractivity contribution in [1.29, 1.82) is 0 Å². The summed E-state index contributed by atoms with van der Waals surface area (Å²) in [7, 11) is 0. The van der Waals surface area contributed by atoms with Gasteiger partial charge >= 0.3 is 5.97 Å². The van der Waals surface area contributed by atoms with Gasteiger partial charge in [0.2, 0.25) is 0 Å². The van der Waals surface area contributed by atoms with Gasteiger partial charge in [0.1, 0.15) is 0 Å². The molecule has 1 fully saturated rings. The van der Waals surface area contributed by atoms with Crippen molar-refractivity contribution in [3.8, 4) is 11.5 Å². The van der Waals surface area contributed by atoms with Gasteiger partial charge in [-0.25, -0.2) is 4.79 Å². The quantitative estimate of drug-likeness (QED) is 0.147. The van der Waals surface area contributed by atoms with E-state index in [1.165, 1.54) is 0 Å². The first-order valence-corrected chi connectivity index (χ1v) is 13.5. The Morgan fingerprint density at radius 3 is 2.41 bits per heavy atom. The van der Waals surface area contributed by atoms with Crippen LogP contribution in [0.4, 0.5) is 4.79 Å². The number of ether oxygens (including phenoxy) is 2. The maximum absolute atomic E-state index is 13.0. The molecule has 0 atom stereocenters. The van der Waals surface area contributed by atoms with Gasteiger partial charge in [-0.2, -0.15) is 0 Å². The van der Waals surface area contributed by atoms with E-state index >= 15 is 0 Å². The molecule has 1 saturated heterocycles. The van der Waals surface area contributed by atoms with Crippen LogP contribution in [0.5, 0.6) is 11.5 Å². The van der Waals surface area contributed by atoms with Gasteiger partial charge in [-0.3, -0.25) is 14.5 Å². The normalized spacial score (nSPS) is 14.4. The maximum Gasteiger partial charge on any atom is 0.343 e. The summed E-state index contributed by atoms with van der Waals surface area (Å²) in [5.74, 6) is -0.566. The minimum absolute atomic E-state index is 0.0193. The second-order valence-corrected chi connectivity index (χ2v) is 10.8. The molecule has 3 aromatic rings. The molecule has 0 bridgehead atoms. The number of imide groups is 1. The van der Waals surface area contributed by atoms with E-state index in [0.717, 1.165) is 16.7 Å². The van der Waals surface area contributed by atoms with Crippen molar-refractivity contribution in [2.75, 3.05) is 6.61 Å². The number of carbonyl (C=O) groups is 3. The first kappa shape index (κ1) is 27.5. The summed E-state index contributed by atoms with van der Waals surface area (Å²) in [5, 5.41) is 0.906. The number of hydrogen-bond donors (Lipinski definition) is 0. The highest BCUT2D eigenvalue weighted by Gasteiger charge is 2.35. The van der Waals surface area contributed by atoms with Crippen molar-refractivity contribution in [2.45, 2.75) is 13.5 Å². The minimum atomic E-state index is -0.590. The first-order valence-electron chi connectivity index (χ1n) is 10.8. The molecule has 37 heavy (non-hydrogen) atoms. The molecule has 4 rings (SSSR count). The number of benzene rings is 3. The van der Waals surface area contributed by atoms with Crippen LogP contribution in [0.3, 0.4) is 0 Å². The fourth-order valence-corrected chi connectivity index (χ4v) is 5.35. The summed E-state index contributed by atoms with van der Waals surface area (Å²) >= 11 is 22.3. The molecular weight excluding hydrogens is 625 g/mol. The summed E-state index contributed by atoms with van der Waals surface area (Å²) in [4.78, 5) is 39.6. The van der Waals surface area contributed by atoms with Crippen LogP contribution in [0.15, 0.2) is 64.0 Å². The number of nitrogens with zero attached hydrogens (tertiary/aromatic N) is 1. The van der Waals surface area contributed by atoms with Crippen LogP contribution >= 0.6 is 62.5 Å². The van der Waals surface area contributed by atoms with Crippen molar-refractivity contribution in [2.24, 2.45) is 0 Å². The first-order chi connectivity index (χ1) is 17.7. The Labute approximate surface area is 240 Å². The lowest BCUT2D eigenvalue weighted by Gasteiger charge is -2.14. The van der Waals surface area contributed by atoms with E-state index in [-0.39, 0.29) is 22.9 Å². The van der Waals surface area contributed by atoms with E-state index in [1.54, 1.807) is 67.6 Å². The Morgan fingerprint density at radius 2 is 1.73 bits per heavy atom. The fourth-order valence-electron chi connectivity index (χ4n) is 3.38. The van der Waals surface area contributed by atoms with E-state index < -0.39 is 17.1 Å². The number of halogens is 4. The van der Waals surface area contributed by atoms with Gasteiger partial charge < -0.3 is 9.47 Å². The Hall–Kier alpha value is -2.49. The van der Waals surface area contributed by atoms with E-state index in [2.05, 4.69) is 15.9 Å². The van der Waals surface area contributed by atoms with Crippen molar-refractivity contribution in [3.63, 3.8) is 0 Å². The number of hydrogen-bond acceptors (Lipinski definition) is 6. The molecule has 6 nitrogen and oxygen atoms in total. The highest BCUT2D eigenvalue weighted by atomic mass is 79.9. The molecule has 0 spiro atoms. The van der Waals surface area contributed by atoms with E-state index in [1.807, 2.05) is 0 Å². The van der Waals surface area contributed by atoms with Gasteiger partial charge in [-0.15, -0.1) is 0 Å². The van der Waals surface area contributed by atoms with Crippen molar-refractivity contribution < 1.29 is 23.9 Å².